The maximum absolute atomic E-state index is 12.5. The van der Waals surface area contributed by atoms with E-state index in [1.165, 1.54) is 35.5 Å². The first-order chi connectivity index (χ1) is 13.8. The van der Waals surface area contributed by atoms with Crippen molar-refractivity contribution >= 4 is 29.0 Å². The fourth-order valence-electron chi connectivity index (χ4n) is 2.57. The number of nitro benzene ring substituents is 1. The van der Waals surface area contributed by atoms with Crippen LogP contribution in [0, 0.1) is 10.1 Å². The third-order valence-electron chi connectivity index (χ3n) is 4.22. The number of hydrogen-bond donors (Lipinski definition) is 1. The number of rotatable bonds is 7. The van der Waals surface area contributed by atoms with Crippen LogP contribution in [0.5, 0.6) is 0 Å². The number of nitrogens with zero attached hydrogens (tertiary/aromatic N) is 5. The first-order valence-electron chi connectivity index (χ1n) is 8.96. The van der Waals surface area contributed by atoms with Gasteiger partial charge in [-0.2, -0.15) is 4.68 Å². The van der Waals surface area contributed by atoms with Crippen LogP contribution in [-0.4, -0.2) is 36.3 Å². The van der Waals surface area contributed by atoms with Crippen molar-refractivity contribution in [2.75, 3.05) is 5.32 Å². The highest BCUT2D eigenvalue weighted by Crippen LogP contribution is 2.25. The van der Waals surface area contributed by atoms with E-state index in [1.807, 2.05) is 24.3 Å². The molecule has 0 spiro atoms. The number of amides is 1. The zero-order valence-corrected chi connectivity index (χ0v) is 17.0. The Hall–Kier alpha value is -3.27. The number of carbonyl (C=O) groups is 1. The molecular formula is C19H20N6O3S. The van der Waals surface area contributed by atoms with Crippen molar-refractivity contribution < 1.29 is 9.72 Å². The Bertz CT molecular complexity index is 1020. The fraction of sp³-hybridized carbons (Fsp3) is 0.263. The molecule has 0 saturated heterocycles. The highest BCUT2D eigenvalue weighted by molar-refractivity contribution is 8.00. The summed E-state index contributed by atoms with van der Waals surface area (Å²) >= 11 is 1.20. The molecule has 1 amide bonds. The summed E-state index contributed by atoms with van der Waals surface area (Å²) in [6.07, 6.45) is 0. The van der Waals surface area contributed by atoms with Crippen LogP contribution in [0.4, 0.5) is 11.4 Å². The molecule has 0 aliphatic carbocycles. The van der Waals surface area contributed by atoms with Crippen molar-refractivity contribution in [3.05, 3.63) is 64.2 Å². The lowest BCUT2D eigenvalue weighted by molar-refractivity contribution is -0.384. The maximum atomic E-state index is 12.5. The Morgan fingerprint density at radius 1 is 1.17 bits per heavy atom. The summed E-state index contributed by atoms with van der Waals surface area (Å²) in [6, 6.07) is 13.7. The average molecular weight is 412 g/mol. The zero-order chi connectivity index (χ0) is 21.0. The molecule has 3 rings (SSSR count). The Morgan fingerprint density at radius 3 is 2.55 bits per heavy atom. The summed E-state index contributed by atoms with van der Waals surface area (Å²) in [7, 11) is 0. The van der Waals surface area contributed by atoms with Gasteiger partial charge in [0.05, 0.1) is 15.9 Å². The maximum Gasteiger partial charge on any atom is 0.271 e. The van der Waals surface area contributed by atoms with Crippen LogP contribution in [-0.2, 0) is 4.79 Å². The van der Waals surface area contributed by atoms with E-state index >= 15 is 0 Å². The van der Waals surface area contributed by atoms with Crippen molar-refractivity contribution in [2.24, 2.45) is 0 Å². The van der Waals surface area contributed by atoms with Gasteiger partial charge >= 0.3 is 0 Å². The molecular weight excluding hydrogens is 392 g/mol. The molecule has 1 atom stereocenters. The number of carbonyl (C=O) groups excluding carboxylic acids is 1. The minimum atomic E-state index is -0.519. The molecule has 1 unspecified atom stereocenters. The van der Waals surface area contributed by atoms with Gasteiger partial charge < -0.3 is 5.32 Å². The predicted molar refractivity (Wildman–Crippen MR) is 110 cm³/mol. The first-order valence-corrected chi connectivity index (χ1v) is 9.84. The molecule has 3 aromatic rings. The molecule has 0 radical (unpaired) electrons. The van der Waals surface area contributed by atoms with E-state index in [0.29, 0.717) is 16.8 Å². The summed E-state index contributed by atoms with van der Waals surface area (Å²) in [4.78, 5) is 22.9. The van der Waals surface area contributed by atoms with Gasteiger partial charge in [-0.05, 0) is 47.0 Å². The third kappa shape index (κ3) is 4.96. The Balaban J connectivity index is 1.70. The van der Waals surface area contributed by atoms with Gasteiger partial charge in [-0.15, -0.1) is 5.10 Å². The molecule has 0 fully saturated rings. The summed E-state index contributed by atoms with van der Waals surface area (Å²) in [5.74, 6) is 0.115. The minimum absolute atomic E-state index is 0.0862. The highest BCUT2D eigenvalue weighted by atomic mass is 32.2. The second-order valence-corrected chi connectivity index (χ2v) is 7.98. The van der Waals surface area contributed by atoms with Crippen LogP contribution in [0.3, 0.4) is 0 Å². The Morgan fingerprint density at radius 2 is 1.90 bits per heavy atom. The number of thioether (sulfide) groups is 1. The van der Waals surface area contributed by atoms with Gasteiger partial charge in [-0.1, -0.05) is 43.8 Å². The van der Waals surface area contributed by atoms with Crippen LogP contribution in [0.25, 0.3) is 5.69 Å². The normalized spacial score (nSPS) is 12.0. The number of benzene rings is 2. The van der Waals surface area contributed by atoms with Gasteiger partial charge in [0, 0.05) is 17.8 Å². The molecule has 29 heavy (non-hydrogen) atoms. The summed E-state index contributed by atoms with van der Waals surface area (Å²) in [5.41, 5.74) is 2.28. The van der Waals surface area contributed by atoms with Gasteiger partial charge in [-0.25, -0.2) is 0 Å². The average Bonchev–Trinajstić information content (AvgIpc) is 3.16. The van der Waals surface area contributed by atoms with E-state index in [1.54, 1.807) is 17.7 Å². The number of hydrogen-bond acceptors (Lipinski definition) is 7. The van der Waals surface area contributed by atoms with Crippen LogP contribution in [0.1, 0.15) is 32.3 Å². The van der Waals surface area contributed by atoms with E-state index in [4.69, 9.17) is 0 Å². The standard InChI is InChI=1S/C19H20N6O3S/c1-12(2)14-7-9-16(10-8-14)24-19(21-22-23-24)29-13(3)18(26)20-15-5-4-6-17(11-15)25(27)28/h4-13H,1-3H3,(H,20,26). The highest BCUT2D eigenvalue weighted by Gasteiger charge is 2.20. The van der Waals surface area contributed by atoms with E-state index in [0.717, 1.165) is 5.69 Å². The van der Waals surface area contributed by atoms with Gasteiger partial charge in [0.15, 0.2) is 0 Å². The molecule has 0 saturated carbocycles. The quantitative estimate of drug-likeness (QED) is 0.356. The molecule has 1 heterocycles. The summed E-state index contributed by atoms with van der Waals surface area (Å²) in [5, 5.41) is 25.3. The lowest BCUT2D eigenvalue weighted by Crippen LogP contribution is -2.23. The predicted octanol–water partition coefficient (Wildman–Crippen LogP) is 3.81. The monoisotopic (exact) mass is 412 g/mol. The molecule has 10 heteroatoms. The SMILES string of the molecule is CC(Sc1nnnn1-c1ccc(C(C)C)cc1)C(=O)Nc1cccc([N+](=O)[O-])c1. The molecule has 2 aromatic carbocycles. The molecule has 1 N–H and O–H groups in total. The third-order valence-corrected chi connectivity index (χ3v) is 5.25. The Kier molecular flexibility index (Phi) is 6.23. The van der Waals surface area contributed by atoms with Gasteiger partial charge in [0.2, 0.25) is 11.1 Å². The second kappa shape index (κ2) is 8.82. The summed E-state index contributed by atoms with van der Waals surface area (Å²) < 4.78 is 1.58. The number of nitro groups is 1. The molecule has 9 nitrogen and oxygen atoms in total. The largest absolute Gasteiger partial charge is 0.325 e. The van der Waals surface area contributed by atoms with E-state index in [9.17, 15) is 14.9 Å². The lowest BCUT2D eigenvalue weighted by atomic mass is 10.0. The summed E-state index contributed by atoms with van der Waals surface area (Å²) in [6.45, 7) is 5.96. The van der Waals surface area contributed by atoms with Crippen molar-refractivity contribution in [3.63, 3.8) is 0 Å². The van der Waals surface area contributed by atoms with Gasteiger partial charge in [0.1, 0.15) is 0 Å². The number of anilines is 1. The van der Waals surface area contributed by atoms with Crippen LogP contribution >= 0.6 is 11.8 Å². The number of nitrogens with one attached hydrogen (secondary N) is 1. The van der Waals surface area contributed by atoms with E-state index in [2.05, 4.69) is 34.7 Å². The molecule has 0 aliphatic heterocycles. The van der Waals surface area contributed by atoms with Crippen molar-refractivity contribution in [3.8, 4) is 5.69 Å². The molecule has 0 aliphatic rings. The van der Waals surface area contributed by atoms with Gasteiger partial charge in [-0.3, -0.25) is 14.9 Å². The van der Waals surface area contributed by atoms with E-state index < -0.39 is 10.2 Å². The number of aromatic nitrogens is 4. The number of non-ortho nitro benzene ring substituents is 1. The van der Waals surface area contributed by atoms with Crippen LogP contribution in [0.2, 0.25) is 0 Å². The smallest absolute Gasteiger partial charge is 0.271 e. The van der Waals surface area contributed by atoms with Crippen molar-refractivity contribution in [1.82, 2.24) is 20.2 Å². The van der Waals surface area contributed by atoms with Crippen LogP contribution in [0.15, 0.2) is 53.7 Å². The topological polar surface area (TPSA) is 116 Å². The molecule has 1 aromatic heterocycles. The van der Waals surface area contributed by atoms with Crippen molar-refractivity contribution in [1.29, 1.82) is 0 Å². The van der Waals surface area contributed by atoms with Gasteiger partial charge in [0.25, 0.3) is 5.69 Å². The lowest BCUT2D eigenvalue weighted by Gasteiger charge is -2.12. The fourth-order valence-corrected chi connectivity index (χ4v) is 3.38. The van der Waals surface area contributed by atoms with Crippen molar-refractivity contribution in [2.45, 2.75) is 37.1 Å². The second-order valence-electron chi connectivity index (χ2n) is 6.68. The van der Waals surface area contributed by atoms with E-state index in [-0.39, 0.29) is 11.6 Å². The Labute approximate surface area is 171 Å². The molecule has 150 valence electrons. The molecule has 0 bridgehead atoms. The van der Waals surface area contributed by atoms with Crippen LogP contribution < -0.4 is 5.32 Å². The zero-order valence-electron chi connectivity index (χ0n) is 16.1. The minimum Gasteiger partial charge on any atom is -0.325 e. The number of tetrazole rings is 1. The first kappa shape index (κ1) is 20.5.